The van der Waals surface area contributed by atoms with E-state index in [4.69, 9.17) is 0 Å². The summed E-state index contributed by atoms with van der Waals surface area (Å²) in [5.74, 6) is 0.0223. The molecular formula is C11H14N2O2. The zero-order chi connectivity index (χ0) is 11.1. The lowest BCUT2D eigenvalue weighted by Crippen LogP contribution is -2.24. The van der Waals surface area contributed by atoms with E-state index >= 15 is 0 Å². The summed E-state index contributed by atoms with van der Waals surface area (Å²) in [5.41, 5.74) is 0.591. The lowest BCUT2D eigenvalue weighted by atomic mass is 10.2. The van der Waals surface area contributed by atoms with Gasteiger partial charge in [-0.3, -0.25) is 9.78 Å². The maximum Gasteiger partial charge on any atom is 0.251 e. The molecule has 1 heterocycles. The lowest BCUT2D eigenvalue weighted by Gasteiger charge is -2.03. The molecule has 0 aromatic carbocycles. The van der Waals surface area contributed by atoms with E-state index in [0.29, 0.717) is 24.9 Å². The van der Waals surface area contributed by atoms with Crippen molar-refractivity contribution in [2.45, 2.75) is 19.8 Å². The first-order valence-corrected chi connectivity index (χ1v) is 4.88. The van der Waals surface area contributed by atoms with Crippen LogP contribution < -0.4 is 5.32 Å². The highest BCUT2D eigenvalue weighted by molar-refractivity contribution is 5.93. The number of aromatic nitrogens is 1. The summed E-state index contributed by atoms with van der Waals surface area (Å²) >= 11 is 0. The summed E-state index contributed by atoms with van der Waals surface area (Å²) in [6.45, 7) is 2.07. The third-order valence-electron chi connectivity index (χ3n) is 1.93. The Bertz CT molecular complexity index is 336. The van der Waals surface area contributed by atoms with E-state index < -0.39 is 0 Å². The van der Waals surface area contributed by atoms with E-state index in [0.717, 1.165) is 0 Å². The second kappa shape index (κ2) is 5.90. The molecule has 1 rings (SSSR count). The van der Waals surface area contributed by atoms with Gasteiger partial charge >= 0.3 is 0 Å². The first-order valence-electron chi connectivity index (χ1n) is 4.88. The first kappa shape index (κ1) is 11.4. The van der Waals surface area contributed by atoms with Gasteiger partial charge in [0.2, 0.25) is 0 Å². The Kier molecular flexibility index (Phi) is 4.47. The number of nitrogens with one attached hydrogen (secondary N) is 1. The van der Waals surface area contributed by atoms with Crippen molar-refractivity contribution < 1.29 is 9.59 Å². The molecule has 15 heavy (non-hydrogen) atoms. The molecule has 0 atom stereocenters. The molecule has 1 amide bonds. The van der Waals surface area contributed by atoms with Gasteiger partial charge in [0.25, 0.3) is 5.91 Å². The molecule has 0 saturated heterocycles. The van der Waals surface area contributed by atoms with E-state index in [9.17, 15) is 9.59 Å². The third kappa shape index (κ3) is 4.35. The molecule has 0 aliphatic rings. The Hall–Kier alpha value is -1.71. The van der Waals surface area contributed by atoms with E-state index in [1.54, 1.807) is 31.5 Å². The number of carbonyl (C=O) groups excluding carboxylic acids is 2. The minimum atomic E-state index is -0.124. The maximum atomic E-state index is 11.5. The SMILES string of the molecule is CC(=O)CCCNC(=O)c1ccncc1. The number of nitrogens with zero attached hydrogens (tertiary/aromatic N) is 1. The van der Waals surface area contributed by atoms with Crippen LogP contribution in [0.5, 0.6) is 0 Å². The smallest absolute Gasteiger partial charge is 0.251 e. The summed E-state index contributed by atoms with van der Waals surface area (Å²) in [6.07, 6.45) is 4.34. The number of hydrogen-bond acceptors (Lipinski definition) is 3. The molecule has 0 fully saturated rings. The Balaban J connectivity index is 2.28. The van der Waals surface area contributed by atoms with Crippen molar-refractivity contribution in [2.75, 3.05) is 6.54 Å². The zero-order valence-electron chi connectivity index (χ0n) is 8.69. The van der Waals surface area contributed by atoms with Crippen molar-refractivity contribution in [3.05, 3.63) is 30.1 Å². The number of ketones is 1. The molecule has 1 N–H and O–H groups in total. The highest BCUT2D eigenvalue weighted by Crippen LogP contribution is 1.96. The minimum absolute atomic E-state index is 0.124. The summed E-state index contributed by atoms with van der Waals surface area (Å²) < 4.78 is 0. The Morgan fingerprint density at radius 1 is 1.33 bits per heavy atom. The molecule has 0 aliphatic carbocycles. The summed E-state index contributed by atoms with van der Waals surface area (Å²) in [5, 5.41) is 2.74. The topological polar surface area (TPSA) is 59.1 Å². The fraction of sp³-hybridized carbons (Fsp3) is 0.364. The molecule has 0 aliphatic heterocycles. The Morgan fingerprint density at radius 3 is 2.60 bits per heavy atom. The van der Waals surface area contributed by atoms with Crippen molar-refractivity contribution in [3.63, 3.8) is 0 Å². The monoisotopic (exact) mass is 206 g/mol. The predicted molar refractivity (Wildman–Crippen MR) is 56.5 cm³/mol. The van der Waals surface area contributed by atoms with Gasteiger partial charge in [-0.05, 0) is 25.5 Å². The number of pyridine rings is 1. The molecule has 0 bridgehead atoms. The third-order valence-corrected chi connectivity index (χ3v) is 1.93. The fourth-order valence-corrected chi connectivity index (χ4v) is 1.14. The molecule has 0 unspecified atom stereocenters. The van der Waals surface area contributed by atoms with Gasteiger partial charge in [0, 0.05) is 30.9 Å². The van der Waals surface area contributed by atoms with Crippen LogP contribution in [0, 0.1) is 0 Å². The molecule has 4 heteroatoms. The van der Waals surface area contributed by atoms with E-state index in [1.165, 1.54) is 0 Å². The van der Waals surface area contributed by atoms with Crippen LogP contribution >= 0.6 is 0 Å². The lowest BCUT2D eigenvalue weighted by molar-refractivity contribution is -0.117. The van der Waals surface area contributed by atoms with Crippen LogP contribution in [0.15, 0.2) is 24.5 Å². The standard InChI is InChI=1S/C11H14N2O2/c1-9(14)3-2-6-13-11(15)10-4-7-12-8-5-10/h4-5,7-8H,2-3,6H2,1H3,(H,13,15). The van der Waals surface area contributed by atoms with Crippen molar-refractivity contribution in [2.24, 2.45) is 0 Å². The van der Waals surface area contributed by atoms with Gasteiger partial charge in [0.15, 0.2) is 0 Å². The average molecular weight is 206 g/mol. The number of Topliss-reactive ketones (excluding diaryl/α,β-unsaturated/α-hetero) is 1. The van der Waals surface area contributed by atoms with Crippen LogP contribution in [-0.2, 0) is 4.79 Å². The largest absolute Gasteiger partial charge is 0.352 e. The zero-order valence-corrected chi connectivity index (χ0v) is 8.69. The molecule has 0 saturated carbocycles. The summed E-state index contributed by atoms with van der Waals surface area (Å²) in [4.78, 5) is 25.9. The van der Waals surface area contributed by atoms with Gasteiger partial charge in [-0.1, -0.05) is 0 Å². The van der Waals surface area contributed by atoms with Gasteiger partial charge in [-0.15, -0.1) is 0 Å². The van der Waals surface area contributed by atoms with Crippen LogP contribution in [-0.4, -0.2) is 23.2 Å². The van der Waals surface area contributed by atoms with Crippen molar-refractivity contribution >= 4 is 11.7 Å². The maximum absolute atomic E-state index is 11.5. The Morgan fingerprint density at radius 2 is 2.00 bits per heavy atom. The van der Waals surface area contributed by atoms with Gasteiger partial charge < -0.3 is 10.1 Å². The van der Waals surface area contributed by atoms with Crippen LogP contribution in [0.25, 0.3) is 0 Å². The van der Waals surface area contributed by atoms with Gasteiger partial charge in [-0.25, -0.2) is 0 Å². The second-order valence-corrected chi connectivity index (χ2v) is 3.30. The predicted octanol–water partition coefficient (Wildman–Crippen LogP) is 1.18. The molecule has 0 radical (unpaired) electrons. The number of amides is 1. The Labute approximate surface area is 88.7 Å². The van der Waals surface area contributed by atoms with E-state index in [-0.39, 0.29) is 11.7 Å². The van der Waals surface area contributed by atoms with Crippen LogP contribution in [0.2, 0.25) is 0 Å². The summed E-state index contributed by atoms with van der Waals surface area (Å²) in [6, 6.07) is 3.31. The van der Waals surface area contributed by atoms with Crippen LogP contribution in [0.4, 0.5) is 0 Å². The average Bonchev–Trinajstić information content (AvgIpc) is 2.25. The van der Waals surface area contributed by atoms with E-state index in [2.05, 4.69) is 10.3 Å². The van der Waals surface area contributed by atoms with Gasteiger partial charge in [0.05, 0.1) is 0 Å². The van der Waals surface area contributed by atoms with Gasteiger partial charge in [0.1, 0.15) is 5.78 Å². The molecule has 0 spiro atoms. The van der Waals surface area contributed by atoms with Crippen molar-refractivity contribution in [1.29, 1.82) is 0 Å². The highest BCUT2D eigenvalue weighted by Gasteiger charge is 2.03. The minimum Gasteiger partial charge on any atom is -0.352 e. The van der Waals surface area contributed by atoms with Gasteiger partial charge in [-0.2, -0.15) is 0 Å². The second-order valence-electron chi connectivity index (χ2n) is 3.30. The first-order chi connectivity index (χ1) is 7.20. The number of carbonyl (C=O) groups is 2. The highest BCUT2D eigenvalue weighted by atomic mass is 16.1. The van der Waals surface area contributed by atoms with Crippen LogP contribution in [0.1, 0.15) is 30.1 Å². The molecule has 1 aromatic heterocycles. The molecule has 80 valence electrons. The van der Waals surface area contributed by atoms with Crippen LogP contribution in [0.3, 0.4) is 0 Å². The number of hydrogen-bond donors (Lipinski definition) is 1. The molecular weight excluding hydrogens is 192 g/mol. The van der Waals surface area contributed by atoms with Crippen molar-refractivity contribution in [1.82, 2.24) is 10.3 Å². The summed E-state index contributed by atoms with van der Waals surface area (Å²) in [7, 11) is 0. The fourth-order valence-electron chi connectivity index (χ4n) is 1.14. The van der Waals surface area contributed by atoms with Crippen molar-refractivity contribution in [3.8, 4) is 0 Å². The quantitative estimate of drug-likeness (QED) is 0.736. The van der Waals surface area contributed by atoms with E-state index in [1.807, 2.05) is 0 Å². The molecule has 4 nitrogen and oxygen atoms in total. The molecule has 1 aromatic rings. The number of rotatable bonds is 5. The normalized spacial score (nSPS) is 9.67.